The Morgan fingerprint density at radius 2 is 1.60 bits per heavy atom. The van der Waals surface area contributed by atoms with Crippen LogP contribution >= 0.6 is 0 Å². The molecule has 3 aliphatic rings. The number of amides is 1. The third kappa shape index (κ3) is 0.825. The van der Waals surface area contributed by atoms with E-state index >= 15 is 0 Å². The van der Waals surface area contributed by atoms with Crippen LogP contribution in [0.3, 0.4) is 0 Å². The fourth-order valence-electron chi connectivity index (χ4n) is 2.39. The standard InChI is InChI=1S/C8H13NO/c9-8(10)7-3-5-1-6(2-5)4-7/h5-7H,1-4H2,(H2,9,10). The van der Waals surface area contributed by atoms with E-state index in [9.17, 15) is 4.79 Å². The normalized spacial score (nSPS) is 44.2. The van der Waals surface area contributed by atoms with Gasteiger partial charge in [0.1, 0.15) is 0 Å². The molecule has 0 spiro atoms. The number of carbonyl (C=O) groups is 1. The van der Waals surface area contributed by atoms with Crippen LogP contribution in [-0.4, -0.2) is 5.91 Å². The molecule has 2 heteroatoms. The SMILES string of the molecule is NC(=O)C1CC2CC(C2)C1. The Kier molecular flexibility index (Phi) is 1.22. The van der Waals surface area contributed by atoms with Crippen molar-refractivity contribution in [3.63, 3.8) is 0 Å². The molecule has 0 unspecified atom stereocenters. The smallest absolute Gasteiger partial charge is 0.220 e. The predicted molar refractivity (Wildman–Crippen MR) is 38.1 cm³/mol. The molecule has 2 bridgehead atoms. The number of primary amides is 1. The van der Waals surface area contributed by atoms with Gasteiger partial charge in [-0.3, -0.25) is 4.79 Å². The summed E-state index contributed by atoms with van der Waals surface area (Å²) in [5.41, 5.74) is 5.21. The number of fused-ring (bicyclic) bond motifs is 2. The summed E-state index contributed by atoms with van der Waals surface area (Å²) in [6.07, 6.45) is 4.88. The number of nitrogens with two attached hydrogens (primary N) is 1. The fourth-order valence-corrected chi connectivity index (χ4v) is 2.39. The third-order valence-corrected chi connectivity index (χ3v) is 2.97. The van der Waals surface area contributed by atoms with E-state index in [1.165, 1.54) is 12.8 Å². The van der Waals surface area contributed by atoms with E-state index in [0.29, 0.717) is 0 Å². The van der Waals surface area contributed by atoms with E-state index < -0.39 is 0 Å². The summed E-state index contributed by atoms with van der Waals surface area (Å²) in [6.45, 7) is 0. The summed E-state index contributed by atoms with van der Waals surface area (Å²) in [5.74, 6) is 1.83. The van der Waals surface area contributed by atoms with Gasteiger partial charge >= 0.3 is 0 Å². The van der Waals surface area contributed by atoms with Crippen molar-refractivity contribution in [1.29, 1.82) is 0 Å². The number of carbonyl (C=O) groups excluding carboxylic acids is 1. The van der Waals surface area contributed by atoms with Crippen LogP contribution in [-0.2, 0) is 4.79 Å². The van der Waals surface area contributed by atoms with Crippen molar-refractivity contribution >= 4 is 5.91 Å². The van der Waals surface area contributed by atoms with Crippen molar-refractivity contribution in [1.82, 2.24) is 0 Å². The van der Waals surface area contributed by atoms with E-state index in [1.807, 2.05) is 0 Å². The Morgan fingerprint density at radius 1 is 1.10 bits per heavy atom. The maximum atomic E-state index is 10.7. The lowest BCUT2D eigenvalue weighted by Gasteiger charge is -2.44. The lowest BCUT2D eigenvalue weighted by atomic mass is 9.61. The van der Waals surface area contributed by atoms with Gasteiger partial charge in [0.25, 0.3) is 0 Å². The number of rotatable bonds is 1. The van der Waals surface area contributed by atoms with Crippen LogP contribution in [0.5, 0.6) is 0 Å². The van der Waals surface area contributed by atoms with Crippen molar-refractivity contribution < 1.29 is 4.79 Å². The molecule has 3 aliphatic carbocycles. The lowest BCUT2D eigenvalue weighted by Crippen LogP contribution is -2.39. The maximum absolute atomic E-state index is 10.7. The molecule has 10 heavy (non-hydrogen) atoms. The molecule has 3 rings (SSSR count). The highest BCUT2D eigenvalue weighted by Crippen LogP contribution is 2.47. The van der Waals surface area contributed by atoms with Gasteiger partial charge in [0, 0.05) is 5.92 Å². The Balaban J connectivity index is 1.97. The van der Waals surface area contributed by atoms with Crippen LogP contribution in [0, 0.1) is 17.8 Å². The van der Waals surface area contributed by atoms with Crippen LogP contribution in [0.4, 0.5) is 0 Å². The second-order valence-corrected chi connectivity index (χ2v) is 3.77. The van der Waals surface area contributed by atoms with Crippen molar-refractivity contribution in [2.75, 3.05) is 0 Å². The van der Waals surface area contributed by atoms with E-state index in [4.69, 9.17) is 5.73 Å². The van der Waals surface area contributed by atoms with Crippen LogP contribution in [0.25, 0.3) is 0 Å². The minimum atomic E-state index is -0.0746. The molecule has 2 N–H and O–H groups in total. The van der Waals surface area contributed by atoms with Gasteiger partial charge in [-0.05, 0) is 37.5 Å². The van der Waals surface area contributed by atoms with Gasteiger partial charge in [-0.15, -0.1) is 0 Å². The molecule has 1 amide bonds. The highest BCUT2D eigenvalue weighted by Gasteiger charge is 2.39. The molecular formula is C8H13NO. The molecule has 0 saturated heterocycles. The van der Waals surface area contributed by atoms with Crippen LogP contribution in [0.2, 0.25) is 0 Å². The summed E-state index contributed by atoms with van der Waals surface area (Å²) in [4.78, 5) is 10.7. The maximum Gasteiger partial charge on any atom is 0.220 e. The monoisotopic (exact) mass is 139 g/mol. The summed E-state index contributed by atoms with van der Waals surface area (Å²) >= 11 is 0. The molecule has 0 radical (unpaired) electrons. The highest BCUT2D eigenvalue weighted by atomic mass is 16.1. The Hall–Kier alpha value is -0.530. The van der Waals surface area contributed by atoms with Crippen LogP contribution in [0.1, 0.15) is 25.7 Å². The van der Waals surface area contributed by atoms with Crippen molar-refractivity contribution in [2.45, 2.75) is 25.7 Å². The molecular weight excluding hydrogens is 126 g/mol. The molecule has 0 aromatic rings. The molecule has 3 fully saturated rings. The Bertz CT molecular complexity index is 151. The summed E-state index contributed by atoms with van der Waals surface area (Å²) < 4.78 is 0. The lowest BCUT2D eigenvalue weighted by molar-refractivity contribution is -0.125. The van der Waals surface area contributed by atoms with Crippen molar-refractivity contribution in [3.8, 4) is 0 Å². The molecule has 0 heterocycles. The van der Waals surface area contributed by atoms with Crippen LogP contribution < -0.4 is 5.73 Å². The zero-order valence-electron chi connectivity index (χ0n) is 6.05. The van der Waals surface area contributed by atoms with E-state index in [2.05, 4.69) is 0 Å². The topological polar surface area (TPSA) is 43.1 Å². The molecule has 0 aromatic heterocycles. The number of hydrogen-bond acceptors (Lipinski definition) is 1. The second kappa shape index (κ2) is 1.97. The zero-order valence-corrected chi connectivity index (χ0v) is 6.05. The summed E-state index contributed by atoms with van der Waals surface area (Å²) in [6, 6.07) is 0. The quantitative estimate of drug-likeness (QED) is 0.576. The molecule has 0 aliphatic heterocycles. The average molecular weight is 139 g/mol. The minimum absolute atomic E-state index is 0.0746. The second-order valence-electron chi connectivity index (χ2n) is 3.77. The Morgan fingerprint density at radius 3 is 1.90 bits per heavy atom. The van der Waals surface area contributed by atoms with E-state index in [1.54, 1.807) is 0 Å². The van der Waals surface area contributed by atoms with Crippen molar-refractivity contribution in [2.24, 2.45) is 23.5 Å². The van der Waals surface area contributed by atoms with Gasteiger partial charge in [0.05, 0.1) is 0 Å². The predicted octanol–water partition coefficient (Wildman–Crippen LogP) is 0.908. The molecule has 56 valence electrons. The van der Waals surface area contributed by atoms with Gasteiger partial charge in [0.2, 0.25) is 5.91 Å². The highest BCUT2D eigenvalue weighted by molar-refractivity contribution is 5.76. The molecule has 3 saturated carbocycles. The first-order valence-electron chi connectivity index (χ1n) is 4.05. The minimum Gasteiger partial charge on any atom is -0.369 e. The van der Waals surface area contributed by atoms with E-state index in [0.717, 1.165) is 24.7 Å². The average Bonchev–Trinajstić information content (AvgIpc) is 1.86. The van der Waals surface area contributed by atoms with Crippen LogP contribution in [0.15, 0.2) is 0 Å². The van der Waals surface area contributed by atoms with Gasteiger partial charge in [-0.25, -0.2) is 0 Å². The number of hydrogen-bond donors (Lipinski definition) is 1. The fraction of sp³-hybridized carbons (Fsp3) is 0.875. The Labute approximate surface area is 60.8 Å². The van der Waals surface area contributed by atoms with Gasteiger partial charge in [-0.1, -0.05) is 0 Å². The molecule has 0 atom stereocenters. The van der Waals surface area contributed by atoms with Gasteiger partial charge < -0.3 is 5.73 Å². The molecule has 2 nitrogen and oxygen atoms in total. The van der Waals surface area contributed by atoms with Gasteiger partial charge in [0.15, 0.2) is 0 Å². The summed E-state index contributed by atoms with van der Waals surface area (Å²) in [5, 5.41) is 0. The molecule has 0 aromatic carbocycles. The third-order valence-electron chi connectivity index (χ3n) is 2.97. The first kappa shape index (κ1) is 6.20. The first-order chi connectivity index (χ1) is 4.75. The summed E-state index contributed by atoms with van der Waals surface area (Å²) in [7, 11) is 0. The van der Waals surface area contributed by atoms with Gasteiger partial charge in [-0.2, -0.15) is 0 Å². The zero-order chi connectivity index (χ0) is 7.14. The van der Waals surface area contributed by atoms with E-state index in [-0.39, 0.29) is 11.8 Å². The first-order valence-corrected chi connectivity index (χ1v) is 4.05. The largest absolute Gasteiger partial charge is 0.369 e. The van der Waals surface area contributed by atoms with Crippen molar-refractivity contribution in [3.05, 3.63) is 0 Å².